The zero-order valence-corrected chi connectivity index (χ0v) is 18.7. The van der Waals surface area contributed by atoms with E-state index in [1.54, 1.807) is 7.11 Å². The molecule has 4 aromatic rings. The predicted molar refractivity (Wildman–Crippen MR) is 122 cm³/mol. The van der Waals surface area contributed by atoms with Crippen LogP contribution in [-0.4, -0.2) is 57.9 Å². The summed E-state index contributed by atoms with van der Waals surface area (Å²) in [4.78, 5) is 10.6. The number of nitrogens with zero attached hydrogens (tertiary/aromatic N) is 5. The largest absolute Gasteiger partial charge is 0.497 e. The van der Waals surface area contributed by atoms with Crippen LogP contribution >= 0.6 is 11.3 Å². The minimum absolute atomic E-state index is 0.132. The summed E-state index contributed by atoms with van der Waals surface area (Å²) in [5.41, 5.74) is 2.08. The first-order valence-corrected chi connectivity index (χ1v) is 11.3. The van der Waals surface area contributed by atoms with Crippen LogP contribution in [0.4, 0.5) is 10.1 Å². The van der Waals surface area contributed by atoms with Crippen molar-refractivity contribution in [3.8, 4) is 11.6 Å². The Labute approximate surface area is 189 Å². The van der Waals surface area contributed by atoms with Crippen molar-refractivity contribution in [3.63, 3.8) is 0 Å². The van der Waals surface area contributed by atoms with Crippen molar-refractivity contribution in [2.45, 2.75) is 13.0 Å². The van der Waals surface area contributed by atoms with Crippen molar-refractivity contribution in [2.75, 3.05) is 38.2 Å². The molecule has 2 aromatic heterocycles. The van der Waals surface area contributed by atoms with Gasteiger partial charge >= 0.3 is 0 Å². The Kier molecular flexibility index (Phi) is 5.44. The molecular formula is C23H24FN5O2S. The fourth-order valence-electron chi connectivity index (χ4n) is 4.23. The van der Waals surface area contributed by atoms with E-state index in [1.807, 2.05) is 43.3 Å². The molecule has 0 saturated carbocycles. The molecule has 0 bridgehead atoms. The summed E-state index contributed by atoms with van der Waals surface area (Å²) < 4.78 is 20.1. The Hall–Kier alpha value is -3.17. The number of anilines is 1. The van der Waals surface area contributed by atoms with Gasteiger partial charge in [0.05, 0.1) is 18.0 Å². The van der Waals surface area contributed by atoms with Crippen LogP contribution in [-0.2, 0) is 0 Å². The zero-order chi connectivity index (χ0) is 22.2. The second-order valence-electron chi connectivity index (χ2n) is 7.82. The van der Waals surface area contributed by atoms with Crippen LogP contribution in [0.2, 0.25) is 0 Å². The van der Waals surface area contributed by atoms with E-state index in [-0.39, 0.29) is 17.7 Å². The Balaban J connectivity index is 1.46. The number of methoxy groups -OCH3 is 1. The number of aromatic nitrogens is 3. The molecule has 3 heterocycles. The molecule has 32 heavy (non-hydrogen) atoms. The lowest BCUT2D eigenvalue weighted by Gasteiger charge is -2.40. The van der Waals surface area contributed by atoms with Gasteiger partial charge in [0.15, 0.2) is 0 Å². The third-order valence-corrected chi connectivity index (χ3v) is 6.93. The number of rotatable bonds is 5. The van der Waals surface area contributed by atoms with Crippen molar-refractivity contribution < 1.29 is 14.2 Å². The Morgan fingerprint density at radius 3 is 2.34 bits per heavy atom. The molecule has 0 radical (unpaired) electrons. The Morgan fingerprint density at radius 1 is 1.03 bits per heavy atom. The molecule has 1 N–H and O–H groups in total. The van der Waals surface area contributed by atoms with Crippen molar-refractivity contribution in [1.29, 1.82) is 0 Å². The standard InChI is InChI=1S/C23H24FN5O2S/c1-15-25-23-29(26-15)22(30)21(32-23)20(16-3-9-19(31-2)10-4-16)28-13-11-27(12-14-28)18-7-5-17(24)6-8-18/h3-10,20,30H,11-14H2,1-2H3/t20-/m1/s1. The summed E-state index contributed by atoms with van der Waals surface area (Å²) in [6, 6.07) is 14.5. The number of hydrogen-bond acceptors (Lipinski definition) is 7. The fourth-order valence-corrected chi connectivity index (χ4v) is 5.39. The van der Waals surface area contributed by atoms with Crippen LogP contribution in [0.1, 0.15) is 22.3 Å². The van der Waals surface area contributed by atoms with Crippen LogP contribution in [0.5, 0.6) is 11.6 Å². The maximum absolute atomic E-state index is 13.3. The summed E-state index contributed by atoms with van der Waals surface area (Å²) in [6.45, 7) is 5.01. The smallest absolute Gasteiger partial charge is 0.230 e. The van der Waals surface area contributed by atoms with Crippen molar-refractivity contribution >= 4 is 22.0 Å². The first-order chi connectivity index (χ1) is 15.5. The molecule has 0 spiro atoms. The van der Waals surface area contributed by atoms with E-state index in [0.29, 0.717) is 10.8 Å². The highest BCUT2D eigenvalue weighted by Gasteiger charge is 2.31. The zero-order valence-electron chi connectivity index (χ0n) is 17.9. The number of piperazine rings is 1. The van der Waals surface area contributed by atoms with E-state index in [0.717, 1.165) is 48.1 Å². The fraction of sp³-hybridized carbons (Fsp3) is 0.304. The van der Waals surface area contributed by atoms with Crippen LogP contribution < -0.4 is 9.64 Å². The summed E-state index contributed by atoms with van der Waals surface area (Å²) >= 11 is 1.46. The maximum Gasteiger partial charge on any atom is 0.230 e. The highest BCUT2D eigenvalue weighted by molar-refractivity contribution is 7.17. The Bertz CT molecular complexity index is 1210. The number of benzene rings is 2. The van der Waals surface area contributed by atoms with E-state index in [2.05, 4.69) is 19.9 Å². The molecule has 1 fully saturated rings. The monoisotopic (exact) mass is 453 g/mol. The number of fused-ring (bicyclic) bond motifs is 1. The SMILES string of the molecule is COc1ccc([C@H](c2sc3nc(C)nn3c2O)N2CCN(c3ccc(F)cc3)CC2)cc1. The van der Waals surface area contributed by atoms with Gasteiger partial charge in [0.25, 0.3) is 0 Å². The van der Waals surface area contributed by atoms with Crippen LogP contribution in [0.15, 0.2) is 48.5 Å². The quantitative estimate of drug-likeness (QED) is 0.495. The normalized spacial score (nSPS) is 15.9. The number of halogens is 1. The maximum atomic E-state index is 13.3. The van der Waals surface area contributed by atoms with Gasteiger partial charge in [-0.3, -0.25) is 4.90 Å². The van der Waals surface area contributed by atoms with E-state index >= 15 is 0 Å². The highest BCUT2D eigenvalue weighted by atomic mass is 32.1. The minimum atomic E-state index is -0.228. The predicted octanol–water partition coefficient (Wildman–Crippen LogP) is 3.86. The molecule has 166 valence electrons. The topological polar surface area (TPSA) is 66.1 Å². The molecule has 0 aliphatic carbocycles. The van der Waals surface area contributed by atoms with Gasteiger partial charge in [-0.05, 0) is 48.9 Å². The molecule has 1 saturated heterocycles. The van der Waals surface area contributed by atoms with E-state index in [4.69, 9.17) is 4.74 Å². The van der Waals surface area contributed by atoms with E-state index in [9.17, 15) is 9.50 Å². The summed E-state index contributed by atoms with van der Waals surface area (Å²) in [7, 11) is 1.65. The average Bonchev–Trinajstić information content (AvgIpc) is 3.32. The van der Waals surface area contributed by atoms with Crippen LogP contribution in [0.25, 0.3) is 4.96 Å². The number of hydrogen-bond donors (Lipinski definition) is 1. The lowest BCUT2D eigenvalue weighted by atomic mass is 10.0. The second-order valence-corrected chi connectivity index (χ2v) is 8.83. The molecule has 0 unspecified atom stereocenters. The molecule has 1 aliphatic heterocycles. The van der Waals surface area contributed by atoms with Gasteiger partial charge < -0.3 is 14.7 Å². The molecule has 9 heteroatoms. The summed E-state index contributed by atoms with van der Waals surface area (Å²) in [5, 5.41) is 15.3. The molecule has 0 amide bonds. The van der Waals surface area contributed by atoms with Gasteiger partial charge in [-0.15, -0.1) is 5.10 Å². The molecule has 2 aromatic carbocycles. The Morgan fingerprint density at radius 2 is 1.72 bits per heavy atom. The molecular weight excluding hydrogens is 429 g/mol. The van der Waals surface area contributed by atoms with Crippen LogP contribution in [0.3, 0.4) is 0 Å². The van der Waals surface area contributed by atoms with E-state index < -0.39 is 0 Å². The van der Waals surface area contributed by atoms with E-state index in [1.165, 1.54) is 28.0 Å². The van der Waals surface area contributed by atoms with Crippen LogP contribution in [0, 0.1) is 12.7 Å². The van der Waals surface area contributed by atoms with Gasteiger partial charge in [0, 0.05) is 31.9 Å². The molecule has 5 rings (SSSR count). The number of ether oxygens (including phenoxy) is 1. The number of aryl methyl sites for hydroxylation is 1. The van der Waals surface area contributed by atoms with Gasteiger partial charge in [-0.1, -0.05) is 23.5 Å². The second kappa shape index (κ2) is 8.40. The first kappa shape index (κ1) is 20.7. The highest BCUT2D eigenvalue weighted by Crippen LogP contribution is 2.40. The van der Waals surface area contributed by atoms with Gasteiger partial charge in [0.2, 0.25) is 10.8 Å². The van der Waals surface area contributed by atoms with Gasteiger partial charge in [-0.2, -0.15) is 4.52 Å². The number of aromatic hydroxyl groups is 1. The van der Waals surface area contributed by atoms with Crippen molar-refractivity contribution in [3.05, 3.63) is 70.6 Å². The van der Waals surface area contributed by atoms with Gasteiger partial charge in [0.1, 0.15) is 17.4 Å². The van der Waals surface area contributed by atoms with Crippen molar-refractivity contribution in [1.82, 2.24) is 19.5 Å². The number of thiazole rings is 1. The first-order valence-electron chi connectivity index (χ1n) is 10.5. The molecule has 1 atom stereocenters. The lowest BCUT2D eigenvalue weighted by molar-refractivity contribution is 0.211. The lowest BCUT2D eigenvalue weighted by Crippen LogP contribution is -2.47. The summed E-state index contributed by atoms with van der Waals surface area (Å²) in [6.07, 6.45) is 0. The summed E-state index contributed by atoms with van der Waals surface area (Å²) in [5.74, 6) is 1.32. The molecule has 7 nitrogen and oxygen atoms in total. The average molecular weight is 454 g/mol. The van der Waals surface area contributed by atoms with Gasteiger partial charge in [-0.25, -0.2) is 9.37 Å². The third kappa shape index (κ3) is 3.78. The third-order valence-electron chi connectivity index (χ3n) is 5.86. The molecule has 1 aliphatic rings. The van der Waals surface area contributed by atoms with Crippen molar-refractivity contribution in [2.24, 2.45) is 0 Å². The minimum Gasteiger partial charge on any atom is -0.497 e.